The number of nitrogens with one attached hydrogen (secondary N) is 1. The summed E-state index contributed by atoms with van der Waals surface area (Å²) >= 11 is 6.17. The molecular formula is C24H19ClN6O3. The van der Waals surface area contributed by atoms with Crippen LogP contribution in [0.5, 0.6) is 0 Å². The number of halogens is 1. The Morgan fingerprint density at radius 2 is 2.06 bits per heavy atom. The minimum atomic E-state index is -0.706. The van der Waals surface area contributed by atoms with Crippen molar-refractivity contribution in [3.63, 3.8) is 0 Å². The first-order valence-corrected chi connectivity index (χ1v) is 11.1. The number of hydrogen-bond acceptors (Lipinski definition) is 7. The van der Waals surface area contributed by atoms with Crippen LogP contribution in [0.3, 0.4) is 0 Å². The molecule has 0 aliphatic carbocycles. The SMILES string of the molecule is O=C(Nc1cc(-c2cnco2)ccn1)N1c2nc(-c3cccc(Cl)c3)ccc2N2C[C@@H](O)[C@H]1C2. The molecule has 9 nitrogen and oxygen atoms in total. The molecule has 6 rings (SSSR count). The van der Waals surface area contributed by atoms with Gasteiger partial charge in [-0.2, -0.15) is 0 Å². The number of aliphatic hydroxyl groups is 1. The molecule has 1 fully saturated rings. The minimum Gasteiger partial charge on any atom is -0.444 e. The van der Waals surface area contributed by atoms with Crippen LogP contribution < -0.4 is 15.1 Å². The molecule has 0 unspecified atom stereocenters. The number of amides is 2. The molecule has 10 heteroatoms. The van der Waals surface area contributed by atoms with Gasteiger partial charge in [0.05, 0.1) is 29.7 Å². The molecule has 0 spiro atoms. The first-order chi connectivity index (χ1) is 16.6. The van der Waals surface area contributed by atoms with Crippen LogP contribution >= 0.6 is 11.6 Å². The highest BCUT2D eigenvalue weighted by Crippen LogP contribution is 2.40. The number of hydrogen-bond donors (Lipinski definition) is 2. The number of nitrogens with zero attached hydrogens (tertiary/aromatic N) is 5. The number of carbonyl (C=O) groups is 1. The summed E-state index contributed by atoms with van der Waals surface area (Å²) < 4.78 is 5.34. The molecule has 170 valence electrons. The second-order valence-electron chi connectivity index (χ2n) is 8.18. The first kappa shape index (κ1) is 20.6. The van der Waals surface area contributed by atoms with Crippen molar-refractivity contribution in [2.75, 3.05) is 28.2 Å². The summed E-state index contributed by atoms with van der Waals surface area (Å²) in [7, 11) is 0. The van der Waals surface area contributed by atoms with E-state index in [4.69, 9.17) is 21.0 Å². The normalized spacial score (nSPS) is 18.6. The predicted molar refractivity (Wildman–Crippen MR) is 128 cm³/mol. The Kier molecular flexibility index (Phi) is 4.93. The summed E-state index contributed by atoms with van der Waals surface area (Å²) in [6, 6.07) is 13.8. The monoisotopic (exact) mass is 474 g/mol. The number of fused-ring (bicyclic) bond motifs is 4. The smallest absolute Gasteiger partial charge is 0.329 e. The van der Waals surface area contributed by atoms with Crippen molar-refractivity contribution in [3.05, 3.63) is 72.3 Å². The molecule has 34 heavy (non-hydrogen) atoms. The highest BCUT2D eigenvalue weighted by molar-refractivity contribution is 6.30. The van der Waals surface area contributed by atoms with Crippen LogP contribution in [0.1, 0.15) is 0 Å². The van der Waals surface area contributed by atoms with Gasteiger partial charge in [0.25, 0.3) is 0 Å². The van der Waals surface area contributed by atoms with Gasteiger partial charge in [0.2, 0.25) is 0 Å². The van der Waals surface area contributed by atoms with E-state index in [1.807, 2.05) is 35.2 Å². The van der Waals surface area contributed by atoms with Crippen LogP contribution in [0.2, 0.25) is 5.02 Å². The fourth-order valence-corrected chi connectivity index (χ4v) is 4.67. The fraction of sp³-hybridized carbons (Fsp3) is 0.167. The number of urea groups is 1. The molecule has 0 radical (unpaired) electrons. The van der Waals surface area contributed by atoms with E-state index in [1.165, 1.54) is 11.3 Å². The maximum atomic E-state index is 13.5. The van der Waals surface area contributed by atoms with Gasteiger partial charge in [-0.1, -0.05) is 23.7 Å². The lowest BCUT2D eigenvalue weighted by Gasteiger charge is -2.36. The number of anilines is 3. The van der Waals surface area contributed by atoms with Crippen molar-refractivity contribution in [3.8, 4) is 22.6 Å². The molecule has 1 saturated heterocycles. The van der Waals surface area contributed by atoms with E-state index in [0.29, 0.717) is 41.2 Å². The van der Waals surface area contributed by atoms with Gasteiger partial charge in [-0.3, -0.25) is 10.2 Å². The lowest BCUT2D eigenvalue weighted by atomic mass is 10.1. The Balaban J connectivity index is 1.36. The molecule has 5 heterocycles. The Bertz CT molecular complexity index is 1380. The Hall–Kier alpha value is -3.95. The van der Waals surface area contributed by atoms with Crippen LogP contribution in [0.15, 0.2) is 71.7 Å². The number of carbonyl (C=O) groups excluding carboxylic acids is 1. The number of benzene rings is 1. The van der Waals surface area contributed by atoms with Crippen molar-refractivity contribution in [1.82, 2.24) is 15.0 Å². The maximum Gasteiger partial charge on any atom is 0.329 e. The third-order valence-electron chi connectivity index (χ3n) is 6.07. The van der Waals surface area contributed by atoms with Gasteiger partial charge in [-0.25, -0.2) is 19.7 Å². The van der Waals surface area contributed by atoms with E-state index >= 15 is 0 Å². The summed E-state index contributed by atoms with van der Waals surface area (Å²) in [5, 5.41) is 14.2. The quantitative estimate of drug-likeness (QED) is 0.461. The van der Waals surface area contributed by atoms with Crippen LogP contribution in [0, 0.1) is 0 Å². The number of oxazole rings is 1. The topological polar surface area (TPSA) is 108 Å². The second-order valence-corrected chi connectivity index (χ2v) is 8.62. The zero-order valence-electron chi connectivity index (χ0n) is 17.8. The largest absolute Gasteiger partial charge is 0.444 e. The van der Waals surface area contributed by atoms with Crippen LogP contribution in [-0.4, -0.2) is 51.3 Å². The summed E-state index contributed by atoms with van der Waals surface area (Å²) in [5.74, 6) is 1.39. The maximum absolute atomic E-state index is 13.5. The Morgan fingerprint density at radius 1 is 1.15 bits per heavy atom. The minimum absolute atomic E-state index is 0.348. The van der Waals surface area contributed by atoms with E-state index < -0.39 is 18.2 Å². The third-order valence-corrected chi connectivity index (χ3v) is 6.30. The molecule has 0 saturated carbocycles. The lowest BCUT2D eigenvalue weighted by Crippen LogP contribution is -2.51. The van der Waals surface area contributed by atoms with E-state index in [-0.39, 0.29) is 0 Å². The fourth-order valence-electron chi connectivity index (χ4n) is 4.48. The first-order valence-electron chi connectivity index (χ1n) is 10.7. The van der Waals surface area contributed by atoms with E-state index in [2.05, 4.69) is 15.3 Å². The van der Waals surface area contributed by atoms with Gasteiger partial charge in [-0.15, -0.1) is 0 Å². The lowest BCUT2D eigenvalue weighted by molar-refractivity contribution is 0.176. The number of rotatable bonds is 3. The van der Waals surface area contributed by atoms with E-state index in [0.717, 1.165) is 16.8 Å². The van der Waals surface area contributed by atoms with Crippen molar-refractivity contribution in [2.24, 2.45) is 0 Å². The number of aromatic nitrogens is 3. The molecule has 2 aliphatic heterocycles. The Labute approximate surface area is 199 Å². The molecular weight excluding hydrogens is 456 g/mol. The van der Waals surface area contributed by atoms with Gasteiger partial charge in [0.15, 0.2) is 18.0 Å². The average molecular weight is 475 g/mol. The summed E-state index contributed by atoms with van der Waals surface area (Å²) in [6.45, 7) is 0.949. The molecule has 2 aliphatic rings. The van der Waals surface area contributed by atoms with Crippen molar-refractivity contribution in [1.29, 1.82) is 0 Å². The van der Waals surface area contributed by atoms with E-state index in [9.17, 15) is 9.90 Å². The zero-order chi connectivity index (χ0) is 23.2. The van der Waals surface area contributed by atoms with Crippen molar-refractivity contribution in [2.45, 2.75) is 12.1 Å². The molecule has 3 aromatic heterocycles. The number of aliphatic hydroxyl groups excluding tert-OH is 1. The molecule has 2 bridgehead atoms. The third kappa shape index (κ3) is 3.55. The Morgan fingerprint density at radius 3 is 2.88 bits per heavy atom. The van der Waals surface area contributed by atoms with E-state index in [1.54, 1.807) is 30.6 Å². The molecule has 2 atom stereocenters. The predicted octanol–water partition coefficient (Wildman–Crippen LogP) is 4.05. The summed E-state index contributed by atoms with van der Waals surface area (Å²) in [5.41, 5.74) is 3.04. The average Bonchev–Trinajstić information content (AvgIpc) is 3.49. The van der Waals surface area contributed by atoms with Crippen LogP contribution in [-0.2, 0) is 0 Å². The second kappa shape index (κ2) is 8.12. The highest BCUT2D eigenvalue weighted by atomic mass is 35.5. The van der Waals surface area contributed by atoms with Gasteiger partial charge in [0, 0.05) is 35.4 Å². The highest BCUT2D eigenvalue weighted by Gasteiger charge is 2.45. The molecule has 2 amide bonds. The van der Waals surface area contributed by atoms with Gasteiger partial charge in [-0.05, 0) is 36.4 Å². The number of pyridine rings is 2. The zero-order valence-corrected chi connectivity index (χ0v) is 18.6. The molecule has 1 aromatic carbocycles. The van der Waals surface area contributed by atoms with Crippen molar-refractivity contribution < 1.29 is 14.3 Å². The van der Waals surface area contributed by atoms with Crippen LogP contribution in [0.4, 0.5) is 22.1 Å². The van der Waals surface area contributed by atoms with Crippen LogP contribution in [0.25, 0.3) is 22.6 Å². The van der Waals surface area contributed by atoms with Crippen molar-refractivity contribution >= 4 is 35.0 Å². The summed E-state index contributed by atoms with van der Waals surface area (Å²) in [6.07, 6.45) is 3.81. The van der Waals surface area contributed by atoms with Gasteiger partial charge < -0.3 is 14.4 Å². The molecule has 4 aromatic rings. The van der Waals surface area contributed by atoms with Gasteiger partial charge >= 0.3 is 6.03 Å². The van der Waals surface area contributed by atoms with Gasteiger partial charge in [0.1, 0.15) is 5.82 Å². The summed E-state index contributed by atoms with van der Waals surface area (Å²) in [4.78, 5) is 30.1. The standard InChI is InChI=1S/C24H19ClN6O3/c25-16-3-1-2-14(8-16)17-4-5-18-23(28-17)31(19-11-30(18)12-20(19)32)24(33)29-22-9-15(6-7-27-22)21-10-26-13-34-21/h1-10,13,19-20,32H,11-12H2,(H,27,29,33)/t19-,20-/m1/s1. The molecule has 2 N–H and O–H groups in total.